The van der Waals surface area contributed by atoms with Crippen LogP contribution in [0.4, 0.5) is 5.82 Å². The Kier molecular flexibility index (Phi) is 3.81. The molecule has 108 valence electrons. The summed E-state index contributed by atoms with van der Waals surface area (Å²) in [5.74, 6) is -0.619. The van der Waals surface area contributed by atoms with Gasteiger partial charge < -0.3 is 10.4 Å². The van der Waals surface area contributed by atoms with Gasteiger partial charge >= 0.3 is 5.97 Å². The molecule has 0 atom stereocenters. The fraction of sp³-hybridized carbons (Fsp3) is 0.143. The third-order valence-corrected chi connectivity index (χ3v) is 4.32. The molecule has 0 aliphatic carbocycles. The lowest BCUT2D eigenvalue weighted by molar-refractivity contribution is 0.0690. The van der Waals surface area contributed by atoms with Crippen molar-refractivity contribution in [3.8, 4) is 0 Å². The second-order valence-corrected chi connectivity index (χ2v) is 6.23. The summed E-state index contributed by atoms with van der Waals surface area (Å²) in [6.07, 6.45) is 2.46. The highest BCUT2D eigenvalue weighted by atomic mass is 35.5. The van der Waals surface area contributed by atoms with Crippen LogP contribution in [0.1, 0.15) is 15.4 Å². The molecule has 5 nitrogen and oxygen atoms in total. The molecule has 2 N–H and O–H groups in total. The van der Waals surface area contributed by atoms with Crippen LogP contribution in [0.2, 0.25) is 4.34 Å². The summed E-state index contributed by atoms with van der Waals surface area (Å²) < 4.78 is 2.32. The van der Waals surface area contributed by atoms with Crippen LogP contribution in [0.5, 0.6) is 0 Å². The number of carboxylic acid groups (broad SMARTS) is 1. The first-order valence-electron chi connectivity index (χ1n) is 6.33. The molecule has 0 amide bonds. The first-order chi connectivity index (χ1) is 10.1. The minimum absolute atomic E-state index is 0.148. The van der Waals surface area contributed by atoms with Crippen molar-refractivity contribution < 1.29 is 9.90 Å². The Hall–Kier alpha value is -2.05. The van der Waals surface area contributed by atoms with E-state index in [0.29, 0.717) is 18.0 Å². The van der Waals surface area contributed by atoms with Gasteiger partial charge in [0.1, 0.15) is 5.65 Å². The van der Waals surface area contributed by atoms with E-state index in [0.717, 1.165) is 15.6 Å². The molecule has 0 aliphatic rings. The van der Waals surface area contributed by atoms with Crippen molar-refractivity contribution >= 4 is 40.4 Å². The number of carbonyl (C=O) groups is 1. The molecule has 0 fully saturated rings. The van der Waals surface area contributed by atoms with Crippen molar-refractivity contribution in [3.63, 3.8) is 0 Å². The number of rotatable bonds is 5. The smallest absolute Gasteiger partial charge is 0.356 e. The molecule has 21 heavy (non-hydrogen) atoms. The number of carboxylic acids is 1. The Balaban J connectivity index is 1.80. The van der Waals surface area contributed by atoms with E-state index in [1.165, 1.54) is 11.3 Å². The van der Waals surface area contributed by atoms with Gasteiger partial charge in [0.15, 0.2) is 11.5 Å². The third kappa shape index (κ3) is 2.86. The van der Waals surface area contributed by atoms with E-state index in [4.69, 9.17) is 11.6 Å². The van der Waals surface area contributed by atoms with Gasteiger partial charge in [0, 0.05) is 17.6 Å². The number of nitrogens with zero attached hydrogens (tertiary/aromatic N) is 2. The van der Waals surface area contributed by atoms with Crippen molar-refractivity contribution in [2.24, 2.45) is 0 Å². The number of thiophene rings is 1. The highest BCUT2D eigenvalue weighted by Crippen LogP contribution is 2.22. The summed E-state index contributed by atoms with van der Waals surface area (Å²) in [4.78, 5) is 16.9. The van der Waals surface area contributed by atoms with Crippen LogP contribution in [-0.4, -0.2) is 27.0 Å². The Bertz CT molecular complexity index is 796. The molecule has 0 saturated carbocycles. The van der Waals surface area contributed by atoms with E-state index < -0.39 is 5.97 Å². The van der Waals surface area contributed by atoms with Gasteiger partial charge in [-0.05, 0) is 30.7 Å². The number of nitrogens with one attached hydrogen (secondary N) is 1. The average Bonchev–Trinajstić information content (AvgIpc) is 3.02. The number of fused-ring (bicyclic) bond motifs is 1. The van der Waals surface area contributed by atoms with E-state index in [-0.39, 0.29) is 5.69 Å². The van der Waals surface area contributed by atoms with Crippen LogP contribution < -0.4 is 5.32 Å². The maximum Gasteiger partial charge on any atom is 0.356 e. The van der Waals surface area contributed by atoms with E-state index in [1.54, 1.807) is 22.7 Å². The number of aromatic nitrogens is 2. The molecular formula is C14H12ClN3O2S. The lowest BCUT2D eigenvalue weighted by Gasteiger charge is -2.03. The highest BCUT2D eigenvalue weighted by Gasteiger charge is 2.17. The molecule has 0 unspecified atom stereocenters. The van der Waals surface area contributed by atoms with Crippen molar-refractivity contribution in [3.05, 3.63) is 51.4 Å². The molecule has 0 radical (unpaired) electrons. The molecule has 3 aromatic rings. The third-order valence-electron chi connectivity index (χ3n) is 3.03. The van der Waals surface area contributed by atoms with Crippen molar-refractivity contribution in [1.29, 1.82) is 0 Å². The van der Waals surface area contributed by atoms with Gasteiger partial charge in [-0.15, -0.1) is 11.3 Å². The van der Waals surface area contributed by atoms with Gasteiger partial charge in [-0.2, -0.15) is 0 Å². The maximum atomic E-state index is 11.4. The molecule has 0 aliphatic heterocycles. The summed E-state index contributed by atoms with van der Waals surface area (Å²) in [5, 5.41) is 12.4. The van der Waals surface area contributed by atoms with E-state index >= 15 is 0 Å². The normalized spacial score (nSPS) is 10.9. The Labute approximate surface area is 129 Å². The molecule has 7 heteroatoms. The van der Waals surface area contributed by atoms with Crippen LogP contribution in [0.15, 0.2) is 36.5 Å². The molecule has 0 bridgehead atoms. The molecular weight excluding hydrogens is 310 g/mol. The van der Waals surface area contributed by atoms with E-state index in [9.17, 15) is 9.90 Å². The number of hydrogen-bond donors (Lipinski definition) is 2. The number of anilines is 1. The summed E-state index contributed by atoms with van der Waals surface area (Å²) in [6.45, 7) is 0.598. The Morgan fingerprint density at radius 3 is 2.95 bits per heavy atom. The second-order valence-electron chi connectivity index (χ2n) is 4.43. The van der Waals surface area contributed by atoms with Gasteiger partial charge in [-0.3, -0.25) is 4.40 Å². The van der Waals surface area contributed by atoms with Crippen LogP contribution in [-0.2, 0) is 6.42 Å². The first kappa shape index (κ1) is 13.9. The standard InChI is InChI=1S/C14H12ClN3O2S/c15-10-5-4-9(21-10)6-7-16-13-12(14(19)20)18-8-2-1-3-11(18)17-13/h1-5,8,16H,6-7H2,(H,19,20). The molecule has 3 aromatic heterocycles. The minimum Gasteiger partial charge on any atom is -0.476 e. The SMILES string of the molecule is O=C(O)c1c(NCCc2ccc(Cl)s2)nc2ccccn12. The summed E-state index contributed by atoms with van der Waals surface area (Å²) in [5.41, 5.74) is 0.756. The van der Waals surface area contributed by atoms with Gasteiger partial charge in [0.05, 0.1) is 4.34 Å². The largest absolute Gasteiger partial charge is 0.476 e. The van der Waals surface area contributed by atoms with Gasteiger partial charge in [0.2, 0.25) is 0 Å². The monoisotopic (exact) mass is 321 g/mol. The topological polar surface area (TPSA) is 66.6 Å². The average molecular weight is 322 g/mol. The second kappa shape index (κ2) is 5.75. The molecule has 0 aromatic carbocycles. The van der Waals surface area contributed by atoms with Crippen molar-refractivity contribution in [2.45, 2.75) is 6.42 Å². The van der Waals surface area contributed by atoms with Crippen molar-refractivity contribution in [2.75, 3.05) is 11.9 Å². The summed E-state index contributed by atoms with van der Waals surface area (Å²) in [7, 11) is 0. The quantitative estimate of drug-likeness (QED) is 0.756. The van der Waals surface area contributed by atoms with Crippen LogP contribution in [0.25, 0.3) is 5.65 Å². The number of imidazole rings is 1. The maximum absolute atomic E-state index is 11.4. The number of hydrogen-bond acceptors (Lipinski definition) is 4. The molecule has 3 rings (SSSR count). The Morgan fingerprint density at radius 2 is 2.24 bits per heavy atom. The first-order valence-corrected chi connectivity index (χ1v) is 7.53. The number of aromatic carboxylic acids is 1. The zero-order chi connectivity index (χ0) is 14.8. The van der Waals surface area contributed by atoms with Gasteiger partial charge in [-0.25, -0.2) is 9.78 Å². The van der Waals surface area contributed by atoms with Crippen LogP contribution >= 0.6 is 22.9 Å². The summed E-state index contributed by atoms with van der Waals surface area (Å²) >= 11 is 7.40. The summed E-state index contributed by atoms with van der Waals surface area (Å²) in [6, 6.07) is 9.20. The Morgan fingerprint density at radius 1 is 1.38 bits per heavy atom. The predicted molar refractivity (Wildman–Crippen MR) is 83.7 cm³/mol. The fourth-order valence-corrected chi connectivity index (χ4v) is 3.20. The molecule has 0 spiro atoms. The zero-order valence-corrected chi connectivity index (χ0v) is 12.5. The zero-order valence-electron chi connectivity index (χ0n) is 10.9. The molecule has 3 heterocycles. The highest BCUT2D eigenvalue weighted by molar-refractivity contribution is 7.16. The van der Waals surface area contributed by atoms with E-state index in [1.807, 2.05) is 18.2 Å². The lowest BCUT2D eigenvalue weighted by atomic mass is 10.3. The lowest BCUT2D eigenvalue weighted by Crippen LogP contribution is -2.10. The number of halogens is 1. The van der Waals surface area contributed by atoms with E-state index in [2.05, 4.69) is 10.3 Å². The number of pyridine rings is 1. The van der Waals surface area contributed by atoms with Crippen LogP contribution in [0, 0.1) is 0 Å². The minimum atomic E-state index is -1.00. The predicted octanol–water partition coefficient (Wildman–Crippen LogP) is 3.40. The fourth-order valence-electron chi connectivity index (χ4n) is 2.11. The van der Waals surface area contributed by atoms with Crippen LogP contribution in [0.3, 0.4) is 0 Å². The van der Waals surface area contributed by atoms with Gasteiger partial charge in [0.25, 0.3) is 0 Å². The van der Waals surface area contributed by atoms with Crippen molar-refractivity contribution in [1.82, 2.24) is 9.38 Å². The van der Waals surface area contributed by atoms with Gasteiger partial charge in [-0.1, -0.05) is 17.7 Å². The molecule has 0 saturated heterocycles.